The normalized spacial score (nSPS) is 29.1. The Morgan fingerprint density at radius 1 is 1.07 bits per heavy atom. The summed E-state index contributed by atoms with van der Waals surface area (Å²) in [5.74, 6) is -2.85. The average Bonchev–Trinajstić information content (AvgIpc) is 3.52. The average molecular weight is 614 g/mol. The standard InChI is InChI=1S/C37H47N3O5/c1-9-18-38(27-14-12-11-13-15-27)33(42)30-31-34(43)40(29(22-41)23(3)4)32(37(31)21-26(7)36(30,8)45-37)35(44)39(19-10-2)28-20-24(5)16-17-25(28)6/h9-17,20,23,26,29-32,41H,1-2,18-19,21-22H2,3-8H3/t26?,29-,30+,31-,32?,36-,37?/m0/s1. The summed E-state index contributed by atoms with van der Waals surface area (Å²) < 4.78 is 7.02. The number of carbonyl (C=O) groups excluding carboxylic acids is 3. The topological polar surface area (TPSA) is 90.4 Å². The summed E-state index contributed by atoms with van der Waals surface area (Å²) in [6, 6.07) is 13.6. The molecular formula is C37H47N3O5. The van der Waals surface area contributed by atoms with Crippen LogP contribution < -0.4 is 9.80 Å². The Kier molecular flexibility index (Phi) is 8.86. The number of fused-ring (bicyclic) bond motifs is 1. The molecule has 0 radical (unpaired) electrons. The van der Waals surface area contributed by atoms with E-state index in [1.807, 2.05) is 90.1 Å². The van der Waals surface area contributed by atoms with Crippen molar-refractivity contribution in [1.29, 1.82) is 0 Å². The van der Waals surface area contributed by atoms with Crippen LogP contribution >= 0.6 is 0 Å². The van der Waals surface area contributed by atoms with Gasteiger partial charge < -0.3 is 24.5 Å². The number of nitrogens with zero attached hydrogens (tertiary/aromatic N) is 3. The van der Waals surface area contributed by atoms with Gasteiger partial charge in [-0.1, -0.05) is 63.3 Å². The van der Waals surface area contributed by atoms with Crippen molar-refractivity contribution in [2.24, 2.45) is 23.7 Å². The van der Waals surface area contributed by atoms with Crippen molar-refractivity contribution in [3.05, 3.63) is 85.0 Å². The van der Waals surface area contributed by atoms with Crippen molar-refractivity contribution < 1.29 is 24.2 Å². The number of hydrogen-bond acceptors (Lipinski definition) is 5. The summed E-state index contributed by atoms with van der Waals surface area (Å²) in [5.41, 5.74) is 1.11. The van der Waals surface area contributed by atoms with Crippen molar-refractivity contribution in [1.82, 2.24) is 4.90 Å². The molecule has 0 saturated carbocycles. The molecule has 0 aromatic heterocycles. The summed E-state index contributed by atoms with van der Waals surface area (Å²) in [6.07, 6.45) is 3.79. The molecule has 1 N–H and O–H groups in total. The molecule has 7 atom stereocenters. The van der Waals surface area contributed by atoms with Gasteiger partial charge in [0.25, 0.3) is 5.91 Å². The van der Waals surface area contributed by atoms with Crippen LogP contribution in [0.3, 0.4) is 0 Å². The van der Waals surface area contributed by atoms with Gasteiger partial charge in [0.2, 0.25) is 11.8 Å². The van der Waals surface area contributed by atoms with Gasteiger partial charge in [-0.05, 0) is 68.4 Å². The first-order chi connectivity index (χ1) is 21.4. The van der Waals surface area contributed by atoms with Gasteiger partial charge in [-0.15, -0.1) is 13.2 Å². The maximum atomic E-state index is 15.1. The fraction of sp³-hybridized carbons (Fsp3) is 0.486. The van der Waals surface area contributed by atoms with E-state index in [0.29, 0.717) is 12.1 Å². The van der Waals surface area contributed by atoms with Crippen molar-refractivity contribution in [3.8, 4) is 0 Å². The van der Waals surface area contributed by atoms with Crippen LogP contribution in [0.2, 0.25) is 0 Å². The maximum absolute atomic E-state index is 15.1. The van der Waals surface area contributed by atoms with Gasteiger partial charge >= 0.3 is 0 Å². The molecule has 0 aliphatic carbocycles. The zero-order valence-electron chi connectivity index (χ0n) is 27.4. The lowest BCUT2D eigenvalue weighted by Gasteiger charge is -2.41. The number of aryl methyl sites for hydroxylation is 2. The number of likely N-dealkylation sites (tertiary alicyclic amines) is 1. The van der Waals surface area contributed by atoms with Crippen LogP contribution in [0.4, 0.5) is 11.4 Å². The summed E-state index contributed by atoms with van der Waals surface area (Å²) in [4.78, 5) is 49.6. The van der Waals surface area contributed by atoms with Gasteiger partial charge in [0.05, 0.1) is 30.1 Å². The number of aliphatic hydroxyl groups excluding tert-OH is 1. The van der Waals surface area contributed by atoms with Gasteiger partial charge in [-0.25, -0.2) is 0 Å². The van der Waals surface area contributed by atoms with Crippen molar-refractivity contribution in [2.45, 2.75) is 71.2 Å². The number of benzene rings is 2. The molecule has 2 bridgehead atoms. The SMILES string of the molecule is C=CCN(C(=O)[C@H]1[C@H]2C(=O)N([C@@H](CO)C(C)C)C(C(=O)N(CC=C)c3cc(C)ccc3C)C23CC(C)[C@]1(C)O3)c1ccccc1. The minimum atomic E-state index is -1.25. The van der Waals surface area contributed by atoms with E-state index in [0.717, 1.165) is 16.8 Å². The molecule has 3 aliphatic rings. The first-order valence-corrected chi connectivity index (χ1v) is 16.0. The molecule has 3 aliphatic heterocycles. The second-order valence-corrected chi connectivity index (χ2v) is 13.5. The Morgan fingerprint density at radius 2 is 1.71 bits per heavy atom. The van der Waals surface area contributed by atoms with Crippen LogP contribution in [-0.2, 0) is 19.1 Å². The van der Waals surface area contributed by atoms with E-state index in [1.54, 1.807) is 26.9 Å². The first-order valence-electron chi connectivity index (χ1n) is 16.0. The van der Waals surface area contributed by atoms with E-state index in [2.05, 4.69) is 13.2 Å². The molecule has 3 unspecified atom stereocenters. The Bertz CT molecular complexity index is 1490. The summed E-state index contributed by atoms with van der Waals surface area (Å²) >= 11 is 0. The predicted octanol–water partition coefficient (Wildman–Crippen LogP) is 5.07. The van der Waals surface area contributed by atoms with Crippen LogP contribution in [0.5, 0.6) is 0 Å². The number of hydrogen-bond donors (Lipinski definition) is 1. The van der Waals surface area contributed by atoms with E-state index in [1.165, 1.54) is 0 Å². The molecule has 1 spiro atoms. The highest BCUT2D eigenvalue weighted by molar-refractivity contribution is 6.07. The monoisotopic (exact) mass is 613 g/mol. The Hall–Kier alpha value is -3.75. The van der Waals surface area contributed by atoms with Crippen LogP contribution in [0.25, 0.3) is 0 Å². The van der Waals surface area contributed by atoms with E-state index in [9.17, 15) is 14.7 Å². The quantitative estimate of drug-likeness (QED) is 0.358. The fourth-order valence-electron chi connectivity index (χ4n) is 8.13. The van der Waals surface area contributed by atoms with Crippen LogP contribution in [0, 0.1) is 37.5 Å². The lowest BCUT2D eigenvalue weighted by atomic mass is 9.62. The number of ether oxygens (including phenoxy) is 1. The second kappa shape index (κ2) is 12.2. The third kappa shape index (κ3) is 5.03. The molecule has 5 rings (SSSR count). The van der Waals surface area contributed by atoms with Crippen molar-refractivity contribution >= 4 is 29.1 Å². The number of carbonyl (C=O) groups is 3. The van der Waals surface area contributed by atoms with Gasteiger partial charge in [0.15, 0.2) is 0 Å². The highest BCUT2D eigenvalue weighted by atomic mass is 16.5. The molecule has 3 amide bonds. The second-order valence-electron chi connectivity index (χ2n) is 13.5. The van der Waals surface area contributed by atoms with Crippen molar-refractivity contribution in [3.63, 3.8) is 0 Å². The molecule has 8 heteroatoms. The third-order valence-corrected chi connectivity index (χ3v) is 10.4. The minimum Gasteiger partial charge on any atom is -0.394 e. The summed E-state index contributed by atoms with van der Waals surface area (Å²) in [6.45, 7) is 19.7. The van der Waals surface area contributed by atoms with E-state index < -0.39 is 35.1 Å². The van der Waals surface area contributed by atoms with E-state index >= 15 is 4.79 Å². The third-order valence-electron chi connectivity index (χ3n) is 10.4. The van der Waals surface area contributed by atoms with Crippen LogP contribution in [0.15, 0.2) is 73.8 Å². The Morgan fingerprint density at radius 3 is 2.31 bits per heavy atom. The van der Waals surface area contributed by atoms with E-state index in [-0.39, 0.29) is 49.3 Å². The lowest BCUT2D eigenvalue weighted by molar-refractivity contribution is -0.150. The van der Waals surface area contributed by atoms with Gasteiger partial charge in [-0.3, -0.25) is 14.4 Å². The lowest BCUT2D eigenvalue weighted by Crippen LogP contribution is -2.60. The molecule has 3 saturated heterocycles. The van der Waals surface area contributed by atoms with Gasteiger partial charge in [0, 0.05) is 24.5 Å². The van der Waals surface area contributed by atoms with Crippen molar-refractivity contribution in [2.75, 3.05) is 29.5 Å². The number of amides is 3. The highest BCUT2D eigenvalue weighted by Crippen LogP contribution is 2.66. The molecule has 2 aromatic carbocycles. The number of rotatable bonds is 11. The predicted molar refractivity (Wildman–Crippen MR) is 177 cm³/mol. The molecular weight excluding hydrogens is 566 g/mol. The molecule has 3 heterocycles. The first kappa shape index (κ1) is 32.6. The largest absolute Gasteiger partial charge is 0.394 e. The van der Waals surface area contributed by atoms with Gasteiger partial charge in [-0.2, -0.15) is 0 Å². The molecule has 240 valence electrons. The maximum Gasteiger partial charge on any atom is 0.253 e. The molecule has 8 nitrogen and oxygen atoms in total. The van der Waals surface area contributed by atoms with Crippen LogP contribution in [-0.4, -0.2) is 70.7 Å². The van der Waals surface area contributed by atoms with Crippen LogP contribution in [0.1, 0.15) is 45.2 Å². The summed E-state index contributed by atoms with van der Waals surface area (Å²) in [5, 5.41) is 10.7. The zero-order chi connectivity index (χ0) is 32.8. The molecule has 45 heavy (non-hydrogen) atoms. The Labute approximate surface area is 267 Å². The number of anilines is 2. The van der Waals surface area contributed by atoms with E-state index in [4.69, 9.17) is 4.74 Å². The summed E-state index contributed by atoms with van der Waals surface area (Å²) in [7, 11) is 0. The zero-order valence-corrected chi connectivity index (χ0v) is 27.4. The fourth-order valence-corrected chi connectivity index (χ4v) is 8.13. The molecule has 3 fully saturated rings. The highest BCUT2D eigenvalue weighted by Gasteiger charge is 2.80. The minimum absolute atomic E-state index is 0.118. The Balaban J connectivity index is 1.69. The molecule has 2 aromatic rings. The van der Waals surface area contributed by atoms with Gasteiger partial charge in [0.1, 0.15) is 11.6 Å². The smallest absolute Gasteiger partial charge is 0.253 e. The number of para-hydroxylation sites is 1. The number of aliphatic hydroxyl groups is 1.